The molecule has 1 aromatic heterocycles. The van der Waals surface area contributed by atoms with Gasteiger partial charge in [0.15, 0.2) is 0 Å². The third kappa shape index (κ3) is 4.78. The summed E-state index contributed by atoms with van der Waals surface area (Å²) < 4.78 is 19.0. The smallest absolute Gasteiger partial charge is 0.225 e. The number of hydrogen-bond donors (Lipinski definition) is 0. The molecule has 1 amide bonds. The van der Waals surface area contributed by atoms with E-state index in [4.69, 9.17) is 16.3 Å². The summed E-state index contributed by atoms with van der Waals surface area (Å²) in [6.07, 6.45) is 7.08. The van der Waals surface area contributed by atoms with Gasteiger partial charge in [0.2, 0.25) is 11.8 Å². The highest BCUT2D eigenvalue weighted by atomic mass is 35.5. The van der Waals surface area contributed by atoms with E-state index in [1.807, 2.05) is 4.90 Å². The number of halogens is 2. The Labute approximate surface area is 174 Å². The minimum absolute atomic E-state index is 0.00413. The molecule has 2 heterocycles. The van der Waals surface area contributed by atoms with Gasteiger partial charge in [-0.2, -0.15) is 0 Å². The van der Waals surface area contributed by atoms with Crippen LogP contribution in [0, 0.1) is 11.7 Å². The zero-order chi connectivity index (χ0) is 20.2. The predicted octanol–water partition coefficient (Wildman–Crippen LogP) is 4.29. The second-order valence-electron chi connectivity index (χ2n) is 7.54. The molecule has 0 radical (unpaired) electrons. The topological polar surface area (TPSA) is 58.6 Å². The number of carbonyl (C=O) groups excluding carboxylic acids is 1. The maximum atomic E-state index is 13.3. The molecule has 0 atom stereocenters. The third-order valence-electron chi connectivity index (χ3n) is 5.61. The maximum Gasteiger partial charge on any atom is 0.225 e. The predicted molar refractivity (Wildman–Crippen MR) is 109 cm³/mol. The molecule has 2 fully saturated rings. The van der Waals surface area contributed by atoms with Gasteiger partial charge in [0.1, 0.15) is 23.7 Å². The second kappa shape index (κ2) is 8.95. The van der Waals surface area contributed by atoms with Gasteiger partial charge in [-0.25, -0.2) is 14.4 Å². The first-order valence-corrected chi connectivity index (χ1v) is 10.5. The molecule has 6 nitrogen and oxygen atoms in total. The highest BCUT2D eigenvalue weighted by Gasteiger charge is 2.28. The Kier molecular flexibility index (Phi) is 6.13. The molecule has 2 aromatic rings. The molecule has 0 spiro atoms. The van der Waals surface area contributed by atoms with Crippen LogP contribution in [0.25, 0.3) is 0 Å². The fraction of sp³-hybridized carbons (Fsp3) is 0.476. The monoisotopic (exact) mass is 418 g/mol. The number of hydrogen-bond acceptors (Lipinski definition) is 5. The number of amides is 1. The summed E-state index contributed by atoms with van der Waals surface area (Å²) in [5, 5.41) is -0.00413. The molecule has 8 heteroatoms. The Morgan fingerprint density at radius 3 is 2.55 bits per heavy atom. The lowest BCUT2D eigenvalue weighted by molar-refractivity contribution is -0.136. The van der Waals surface area contributed by atoms with Crippen LogP contribution in [-0.4, -0.2) is 47.0 Å². The van der Waals surface area contributed by atoms with Gasteiger partial charge >= 0.3 is 0 Å². The molecular weight excluding hydrogens is 395 g/mol. The highest BCUT2D eigenvalue weighted by molar-refractivity contribution is 6.30. The van der Waals surface area contributed by atoms with Crippen molar-refractivity contribution in [3.8, 4) is 11.6 Å². The van der Waals surface area contributed by atoms with Crippen LogP contribution in [0.2, 0.25) is 5.02 Å². The van der Waals surface area contributed by atoms with Crippen LogP contribution in [0.5, 0.6) is 11.6 Å². The Morgan fingerprint density at radius 1 is 1.07 bits per heavy atom. The number of aromatic nitrogens is 2. The van der Waals surface area contributed by atoms with Crippen molar-refractivity contribution in [1.82, 2.24) is 14.9 Å². The minimum atomic E-state index is -0.497. The lowest BCUT2D eigenvalue weighted by atomic mass is 9.88. The number of carbonyl (C=O) groups is 1. The lowest BCUT2D eigenvalue weighted by Crippen LogP contribution is -2.50. The summed E-state index contributed by atoms with van der Waals surface area (Å²) in [5.74, 6) is 1.53. The molecule has 1 saturated carbocycles. The van der Waals surface area contributed by atoms with E-state index in [-0.39, 0.29) is 10.9 Å². The summed E-state index contributed by atoms with van der Waals surface area (Å²) in [5.41, 5.74) is 0. The van der Waals surface area contributed by atoms with Crippen molar-refractivity contribution in [2.24, 2.45) is 5.92 Å². The van der Waals surface area contributed by atoms with Gasteiger partial charge in [-0.1, -0.05) is 30.9 Å². The normalized spacial score (nSPS) is 18.0. The Balaban J connectivity index is 1.36. The average Bonchev–Trinajstić information content (AvgIpc) is 2.77. The summed E-state index contributed by atoms with van der Waals surface area (Å²) in [7, 11) is 0. The van der Waals surface area contributed by atoms with Crippen molar-refractivity contribution in [3.63, 3.8) is 0 Å². The van der Waals surface area contributed by atoms with Crippen LogP contribution >= 0.6 is 11.6 Å². The summed E-state index contributed by atoms with van der Waals surface area (Å²) in [6, 6.07) is 5.91. The zero-order valence-electron chi connectivity index (χ0n) is 16.2. The molecule has 154 valence electrons. The van der Waals surface area contributed by atoms with Crippen LogP contribution in [0.4, 0.5) is 10.2 Å². The van der Waals surface area contributed by atoms with Gasteiger partial charge in [-0.3, -0.25) is 4.79 Å². The quantitative estimate of drug-likeness (QED) is 0.741. The molecule has 29 heavy (non-hydrogen) atoms. The van der Waals surface area contributed by atoms with E-state index in [9.17, 15) is 9.18 Å². The van der Waals surface area contributed by atoms with E-state index in [1.54, 1.807) is 6.07 Å². The number of ether oxygens (including phenoxy) is 1. The van der Waals surface area contributed by atoms with Crippen molar-refractivity contribution < 1.29 is 13.9 Å². The largest absolute Gasteiger partial charge is 0.439 e. The summed E-state index contributed by atoms with van der Waals surface area (Å²) in [4.78, 5) is 25.3. The number of anilines is 1. The molecule has 1 aliphatic carbocycles. The van der Waals surface area contributed by atoms with Crippen LogP contribution < -0.4 is 9.64 Å². The minimum Gasteiger partial charge on any atom is -0.439 e. The number of nitrogens with zero attached hydrogens (tertiary/aromatic N) is 4. The SMILES string of the molecule is O=C(C1CCCCC1)N1CCN(c2cc(Oc3ccc(F)c(Cl)c3)ncn2)CC1. The molecule has 2 aliphatic rings. The Hall–Kier alpha value is -2.41. The number of benzene rings is 1. The van der Waals surface area contributed by atoms with Crippen molar-refractivity contribution in [2.45, 2.75) is 32.1 Å². The number of rotatable bonds is 4. The molecule has 0 N–H and O–H groups in total. The summed E-state index contributed by atoms with van der Waals surface area (Å²) in [6.45, 7) is 2.83. The maximum absolute atomic E-state index is 13.3. The second-order valence-corrected chi connectivity index (χ2v) is 7.95. The average molecular weight is 419 g/mol. The highest BCUT2D eigenvalue weighted by Crippen LogP contribution is 2.28. The van der Waals surface area contributed by atoms with Gasteiger partial charge in [0.25, 0.3) is 0 Å². The van der Waals surface area contributed by atoms with Crippen molar-refractivity contribution >= 4 is 23.3 Å². The van der Waals surface area contributed by atoms with Gasteiger partial charge in [-0.15, -0.1) is 0 Å². The van der Waals surface area contributed by atoms with E-state index in [0.29, 0.717) is 30.6 Å². The van der Waals surface area contributed by atoms with Crippen LogP contribution in [0.3, 0.4) is 0 Å². The van der Waals surface area contributed by atoms with E-state index >= 15 is 0 Å². The first-order valence-electron chi connectivity index (χ1n) is 10.1. The third-order valence-corrected chi connectivity index (χ3v) is 5.90. The van der Waals surface area contributed by atoms with Gasteiger partial charge in [0.05, 0.1) is 5.02 Å². The van der Waals surface area contributed by atoms with Gasteiger partial charge < -0.3 is 14.5 Å². The van der Waals surface area contributed by atoms with Crippen LogP contribution in [0.15, 0.2) is 30.6 Å². The lowest BCUT2D eigenvalue weighted by Gasteiger charge is -2.37. The number of piperazine rings is 1. The molecule has 1 saturated heterocycles. The van der Waals surface area contributed by atoms with E-state index in [0.717, 1.165) is 31.7 Å². The fourth-order valence-corrected chi connectivity index (χ4v) is 4.15. The van der Waals surface area contributed by atoms with Crippen molar-refractivity contribution in [2.75, 3.05) is 31.1 Å². The van der Waals surface area contributed by atoms with E-state index in [1.165, 1.54) is 43.8 Å². The molecule has 4 rings (SSSR count). The molecule has 0 unspecified atom stereocenters. The van der Waals surface area contributed by atoms with Gasteiger partial charge in [-0.05, 0) is 25.0 Å². The summed E-state index contributed by atoms with van der Waals surface area (Å²) >= 11 is 5.80. The van der Waals surface area contributed by atoms with Crippen LogP contribution in [-0.2, 0) is 4.79 Å². The zero-order valence-corrected chi connectivity index (χ0v) is 16.9. The molecule has 0 bridgehead atoms. The van der Waals surface area contributed by atoms with Crippen molar-refractivity contribution in [3.05, 3.63) is 41.4 Å². The van der Waals surface area contributed by atoms with E-state index in [2.05, 4.69) is 14.9 Å². The fourth-order valence-electron chi connectivity index (χ4n) is 3.98. The first-order chi connectivity index (χ1) is 14.1. The first kappa shape index (κ1) is 19.9. The van der Waals surface area contributed by atoms with Crippen LogP contribution in [0.1, 0.15) is 32.1 Å². The molecule has 1 aliphatic heterocycles. The standard InChI is InChI=1S/C21H24ClFN4O2/c22-17-12-16(6-7-18(17)23)29-20-13-19(24-14-25-20)26-8-10-27(11-9-26)21(28)15-4-2-1-3-5-15/h6-7,12-15H,1-5,8-11H2. The van der Waals surface area contributed by atoms with Crippen molar-refractivity contribution in [1.29, 1.82) is 0 Å². The Bertz CT molecular complexity index is 868. The molecular formula is C21H24ClFN4O2. The molecule has 1 aromatic carbocycles. The van der Waals surface area contributed by atoms with Gasteiger partial charge in [0, 0.05) is 44.2 Å². The Morgan fingerprint density at radius 2 is 1.83 bits per heavy atom. The van der Waals surface area contributed by atoms with E-state index < -0.39 is 5.82 Å².